The lowest BCUT2D eigenvalue weighted by atomic mass is 9.83. The topological polar surface area (TPSA) is 103 Å². The van der Waals surface area contributed by atoms with E-state index in [0.29, 0.717) is 38.7 Å². The fourth-order valence-electron chi connectivity index (χ4n) is 7.16. The third-order valence-corrected chi connectivity index (χ3v) is 9.41. The Labute approximate surface area is 259 Å². The molecular formula is C33H38F4N2O6. The predicted molar refractivity (Wildman–Crippen MR) is 156 cm³/mol. The Morgan fingerprint density at radius 3 is 2.33 bits per heavy atom. The molecule has 4 unspecified atom stereocenters. The number of carbonyl (C=O) groups is 3. The van der Waals surface area contributed by atoms with E-state index in [9.17, 15) is 27.6 Å². The third-order valence-electron chi connectivity index (χ3n) is 9.41. The molecule has 3 fully saturated rings. The van der Waals surface area contributed by atoms with Gasteiger partial charge in [0.05, 0.1) is 42.8 Å². The minimum atomic E-state index is -4.56. The van der Waals surface area contributed by atoms with Gasteiger partial charge in [-0.05, 0) is 94.4 Å². The summed E-state index contributed by atoms with van der Waals surface area (Å²) in [7, 11) is 1.31. The van der Waals surface area contributed by atoms with Crippen molar-refractivity contribution >= 4 is 23.5 Å². The summed E-state index contributed by atoms with van der Waals surface area (Å²) in [5.74, 6) is -3.02. The maximum absolute atomic E-state index is 15.0. The molecule has 45 heavy (non-hydrogen) atoms. The van der Waals surface area contributed by atoms with E-state index in [0.717, 1.165) is 25.0 Å². The van der Waals surface area contributed by atoms with Crippen molar-refractivity contribution in [1.29, 1.82) is 0 Å². The Bertz CT molecular complexity index is 1440. The lowest BCUT2D eigenvalue weighted by Crippen LogP contribution is -2.48. The number of fused-ring (bicyclic) bond motifs is 2. The van der Waals surface area contributed by atoms with Crippen LogP contribution < -0.4 is 20.1 Å². The average Bonchev–Trinajstić information content (AvgIpc) is 3.61. The molecule has 2 aromatic rings. The van der Waals surface area contributed by atoms with Gasteiger partial charge in [0.25, 0.3) is 5.91 Å². The molecule has 0 heterocycles. The zero-order valence-electron chi connectivity index (χ0n) is 25.5. The number of benzene rings is 2. The third kappa shape index (κ3) is 7.04. The van der Waals surface area contributed by atoms with E-state index in [1.165, 1.54) is 32.2 Å². The molecular weight excluding hydrogens is 596 g/mol. The molecule has 5 rings (SSSR count). The summed E-state index contributed by atoms with van der Waals surface area (Å²) in [6.07, 6.45) is -0.523. The van der Waals surface area contributed by atoms with Crippen LogP contribution in [-0.2, 0) is 20.5 Å². The number of hydrogen-bond donors (Lipinski definition) is 2. The molecule has 3 aliphatic rings. The summed E-state index contributed by atoms with van der Waals surface area (Å²) in [6.45, 7) is 3.41. The summed E-state index contributed by atoms with van der Waals surface area (Å²) in [5, 5.41) is 5.59. The normalized spacial score (nSPS) is 25.8. The molecule has 2 amide bonds. The van der Waals surface area contributed by atoms with E-state index in [2.05, 4.69) is 10.6 Å². The van der Waals surface area contributed by atoms with Crippen LogP contribution >= 0.6 is 0 Å². The van der Waals surface area contributed by atoms with Crippen LogP contribution in [0.15, 0.2) is 30.3 Å². The number of alkyl halides is 3. The van der Waals surface area contributed by atoms with Gasteiger partial charge in [0, 0.05) is 17.8 Å². The highest BCUT2D eigenvalue weighted by molar-refractivity contribution is 5.99. The smallest absolute Gasteiger partial charge is 0.416 e. The maximum atomic E-state index is 15.0. The fourth-order valence-corrected chi connectivity index (χ4v) is 7.16. The molecule has 244 valence electrons. The van der Waals surface area contributed by atoms with Gasteiger partial charge < -0.3 is 24.8 Å². The molecule has 0 radical (unpaired) electrons. The van der Waals surface area contributed by atoms with Crippen molar-refractivity contribution < 1.29 is 46.2 Å². The zero-order chi connectivity index (χ0) is 32.5. The van der Waals surface area contributed by atoms with Gasteiger partial charge in [-0.1, -0.05) is 6.07 Å². The van der Waals surface area contributed by atoms with Crippen molar-refractivity contribution in [2.45, 2.75) is 77.1 Å². The van der Waals surface area contributed by atoms with E-state index in [4.69, 9.17) is 14.2 Å². The van der Waals surface area contributed by atoms with Crippen LogP contribution in [0.3, 0.4) is 0 Å². The van der Waals surface area contributed by atoms with Crippen molar-refractivity contribution in [3.63, 3.8) is 0 Å². The number of methoxy groups -OCH3 is 1. The molecule has 2 aromatic carbocycles. The number of nitrogens with one attached hydrogen (secondary N) is 2. The van der Waals surface area contributed by atoms with Gasteiger partial charge in [0.2, 0.25) is 5.91 Å². The van der Waals surface area contributed by atoms with Crippen molar-refractivity contribution in [3.05, 3.63) is 52.8 Å². The van der Waals surface area contributed by atoms with Gasteiger partial charge in [-0.2, -0.15) is 13.2 Å². The van der Waals surface area contributed by atoms with Gasteiger partial charge in [-0.25, -0.2) is 4.39 Å². The SMILES string of the molecule is CCOC(=O)C1CCC(Oc2cc(C(=O)NC3C4CCC(C4)C3C(=O)Nc3ccc(C)c(C(F)(F)F)c3)c(OC)cc2F)CC1. The molecule has 3 saturated carbocycles. The van der Waals surface area contributed by atoms with Crippen molar-refractivity contribution in [1.82, 2.24) is 5.32 Å². The van der Waals surface area contributed by atoms with Gasteiger partial charge in [-0.15, -0.1) is 0 Å². The monoisotopic (exact) mass is 634 g/mol. The predicted octanol–water partition coefficient (Wildman–Crippen LogP) is 6.45. The summed E-state index contributed by atoms with van der Waals surface area (Å²) in [6, 6.07) is 5.45. The molecule has 0 aromatic heterocycles. The fraction of sp³-hybridized carbons (Fsp3) is 0.545. The number of amides is 2. The van der Waals surface area contributed by atoms with Gasteiger partial charge in [-0.3, -0.25) is 14.4 Å². The number of carbonyl (C=O) groups excluding carboxylic acids is 3. The van der Waals surface area contributed by atoms with Crippen molar-refractivity contribution in [3.8, 4) is 11.5 Å². The molecule has 4 atom stereocenters. The van der Waals surface area contributed by atoms with Crippen LogP contribution in [0.2, 0.25) is 0 Å². The quantitative estimate of drug-likeness (QED) is 0.243. The largest absolute Gasteiger partial charge is 0.496 e. The second-order valence-corrected chi connectivity index (χ2v) is 12.2. The number of hydrogen-bond acceptors (Lipinski definition) is 6. The lowest BCUT2D eigenvalue weighted by Gasteiger charge is -2.31. The molecule has 2 N–H and O–H groups in total. The highest BCUT2D eigenvalue weighted by Crippen LogP contribution is 2.49. The molecule has 0 aliphatic heterocycles. The van der Waals surface area contributed by atoms with Crippen LogP contribution in [0, 0.1) is 36.4 Å². The Morgan fingerprint density at radius 2 is 1.67 bits per heavy atom. The number of esters is 1. The minimum absolute atomic E-state index is 0.00753. The van der Waals surface area contributed by atoms with Crippen LogP contribution in [0.4, 0.5) is 23.2 Å². The van der Waals surface area contributed by atoms with Crippen LogP contribution in [0.1, 0.15) is 73.4 Å². The first kappa shape index (κ1) is 32.6. The zero-order valence-corrected chi connectivity index (χ0v) is 25.5. The first-order valence-electron chi connectivity index (χ1n) is 15.4. The summed E-state index contributed by atoms with van der Waals surface area (Å²) < 4.78 is 71.7. The first-order valence-corrected chi connectivity index (χ1v) is 15.4. The second kappa shape index (κ2) is 13.3. The second-order valence-electron chi connectivity index (χ2n) is 12.2. The van der Waals surface area contributed by atoms with E-state index in [1.807, 2.05) is 0 Å². The Morgan fingerprint density at radius 1 is 0.956 bits per heavy atom. The summed E-state index contributed by atoms with van der Waals surface area (Å²) in [5.41, 5.74) is -0.716. The number of anilines is 1. The van der Waals surface area contributed by atoms with Crippen molar-refractivity contribution in [2.75, 3.05) is 19.0 Å². The average molecular weight is 635 g/mol. The Kier molecular flexibility index (Phi) is 9.60. The molecule has 0 spiro atoms. The summed E-state index contributed by atoms with van der Waals surface area (Å²) >= 11 is 0. The van der Waals surface area contributed by atoms with Gasteiger partial charge in [0.15, 0.2) is 11.6 Å². The highest BCUT2D eigenvalue weighted by atomic mass is 19.4. The maximum Gasteiger partial charge on any atom is 0.416 e. The molecule has 8 nitrogen and oxygen atoms in total. The van der Waals surface area contributed by atoms with E-state index in [1.54, 1.807) is 6.92 Å². The van der Waals surface area contributed by atoms with Crippen LogP contribution in [0.5, 0.6) is 11.5 Å². The standard InChI is InChI=1S/C33H38F4N2O6/c1-4-44-32(42)18-8-11-22(12-9-18)45-27-15-23(26(43-3)16-25(27)34)30(40)39-29-20-7-6-19(13-20)28(29)31(41)38-21-10-5-17(2)24(14-21)33(35,36)37/h5,10,14-16,18-20,22,28-29H,4,6-9,11-13H2,1-3H3,(H,38,41)(H,39,40). The molecule has 2 bridgehead atoms. The molecule has 12 heteroatoms. The Hall–Kier alpha value is -3.83. The first-order chi connectivity index (χ1) is 21.4. The van der Waals surface area contributed by atoms with E-state index < -0.39 is 41.3 Å². The van der Waals surface area contributed by atoms with Gasteiger partial charge in [0.1, 0.15) is 5.75 Å². The highest BCUT2D eigenvalue weighted by Gasteiger charge is 2.51. The van der Waals surface area contributed by atoms with E-state index >= 15 is 4.39 Å². The molecule has 0 saturated heterocycles. The van der Waals surface area contributed by atoms with Crippen LogP contribution in [0.25, 0.3) is 0 Å². The minimum Gasteiger partial charge on any atom is -0.496 e. The van der Waals surface area contributed by atoms with Crippen molar-refractivity contribution in [2.24, 2.45) is 23.7 Å². The molecule has 3 aliphatic carbocycles. The number of rotatable bonds is 9. The number of ether oxygens (including phenoxy) is 3. The number of aryl methyl sites for hydroxylation is 1. The Balaban J connectivity index is 1.30. The summed E-state index contributed by atoms with van der Waals surface area (Å²) in [4.78, 5) is 39.2. The van der Waals surface area contributed by atoms with E-state index in [-0.39, 0.29) is 58.1 Å². The van der Waals surface area contributed by atoms with Gasteiger partial charge >= 0.3 is 12.1 Å². The number of halogens is 4. The lowest BCUT2D eigenvalue weighted by molar-refractivity contribution is -0.149. The van der Waals surface area contributed by atoms with Crippen LogP contribution in [-0.4, -0.2) is 43.6 Å².